The summed E-state index contributed by atoms with van der Waals surface area (Å²) in [6.07, 6.45) is 0. The summed E-state index contributed by atoms with van der Waals surface area (Å²) in [6, 6.07) is 7.64. The van der Waals surface area contributed by atoms with Crippen LogP contribution in [0.1, 0.15) is 0 Å². The van der Waals surface area contributed by atoms with E-state index in [1.807, 2.05) is 33.7 Å². The predicted molar refractivity (Wildman–Crippen MR) is 85.6 cm³/mol. The normalized spacial score (nSPS) is 13.6. The van der Waals surface area contributed by atoms with Gasteiger partial charge in [0.05, 0.1) is 7.11 Å². The predicted octanol–water partition coefficient (Wildman–Crippen LogP) is 0.584. The molecule has 8 heteroatoms. The number of fused-ring (bicyclic) bond motifs is 3. The Bertz CT molecular complexity index is 1010. The first kappa shape index (κ1) is 13.6. The van der Waals surface area contributed by atoms with Crippen molar-refractivity contribution in [3.63, 3.8) is 0 Å². The monoisotopic (exact) mass is 313 g/mol. The number of hydrogen-bond donors (Lipinski definition) is 1. The highest BCUT2D eigenvalue weighted by atomic mass is 16.5. The van der Waals surface area contributed by atoms with Gasteiger partial charge >= 0.3 is 5.69 Å². The Morgan fingerprint density at radius 1 is 1.17 bits per heavy atom. The van der Waals surface area contributed by atoms with Gasteiger partial charge in [-0.2, -0.15) is 4.98 Å². The minimum absolute atomic E-state index is 0.395. The average molecular weight is 313 g/mol. The number of hydrogen-bond acceptors (Lipinski definition) is 5. The number of rotatable bonds is 2. The molecule has 0 fully saturated rings. The van der Waals surface area contributed by atoms with Crippen LogP contribution in [-0.2, 0) is 13.6 Å². The second-order valence-electron chi connectivity index (χ2n) is 5.40. The van der Waals surface area contributed by atoms with E-state index in [1.54, 1.807) is 14.2 Å². The molecule has 23 heavy (non-hydrogen) atoms. The number of ether oxygens (including phenoxy) is 1. The molecule has 1 aliphatic heterocycles. The number of aromatic nitrogens is 4. The lowest BCUT2D eigenvalue weighted by Gasteiger charge is -2.16. The molecule has 0 spiro atoms. The van der Waals surface area contributed by atoms with Gasteiger partial charge in [-0.15, -0.1) is 0 Å². The van der Waals surface area contributed by atoms with E-state index in [2.05, 4.69) is 9.97 Å². The molecule has 1 aliphatic rings. The molecule has 3 aromatic rings. The zero-order valence-corrected chi connectivity index (χ0v) is 12.7. The molecular formula is C15H15N5O3. The van der Waals surface area contributed by atoms with E-state index in [-0.39, 0.29) is 0 Å². The number of aromatic amines is 1. The molecule has 0 atom stereocenters. The fourth-order valence-electron chi connectivity index (χ4n) is 2.95. The second-order valence-corrected chi connectivity index (χ2v) is 5.40. The molecule has 2 aromatic heterocycles. The van der Waals surface area contributed by atoms with Crippen molar-refractivity contribution in [1.82, 2.24) is 19.1 Å². The third-order valence-electron chi connectivity index (χ3n) is 4.16. The number of anilines is 2. The highest BCUT2D eigenvalue weighted by Gasteiger charge is 2.27. The lowest BCUT2D eigenvalue weighted by Crippen LogP contribution is -2.29. The van der Waals surface area contributed by atoms with Gasteiger partial charge < -0.3 is 14.2 Å². The Morgan fingerprint density at radius 2 is 1.91 bits per heavy atom. The van der Waals surface area contributed by atoms with Crippen LogP contribution >= 0.6 is 0 Å². The van der Waals surface area contributed by atoms with Crippen LogP contribution in [0, 0.1) is 0 Å². The van der Waals surface area contributed by atoms with Crippen LogP contribution < -0.4 is 20.9 Å². The molecule has 0 saturated carbocycles. The molecule has 0 saturated heterocycles. The molecule has 8 nitrogen and oxygen atoms in total. The number of benzene rings is 1. The Hall–Kier alpha value is -3.03. The zero-order valence-electron chi connectivity index (χ0n) is 12.7. The summed E-state index contributed by atoms with van der Waals surface area (Å²) >= 11 is 0. The van der Waals surface area contributed by atoms with Crippen LogP contribution in [0.15, 0.2) is 33.9 Å². The summed E-state index contributed by atoms with van der Waals surface area (Å²) in [5.74, 6) is 1.44. The molecule has 0 unspecified atom stereocenters. The number of imidazole rings is 1. The van der Waals surface area contributed by atoms with E-state index in [0.29, 0.717) is 30.2 Å². The molecule has 118 valence electrons. The first-order chi connectivity index (χ1) is 11.1. The number of methoxy groups -OCH3 is 1. The van der Waals surface area contributed by atoms with E-state index in [4.69, 9.17) is 4.74 Å². The van der Waals surface area contributed by atoms with Crippen molar-refractivity contribution in [2.75, 3.05) is 18.6 Å². The van der Waals surface area contributed by atoms with Gasteiger partial charge in [0, 0.05) is 25.8 Å². The summed E-state index contributed by atoms with van der Waals surface area (Å²) in [6.45, 7) is 1.35. The van der Waals surface area contributed by atoms with Gasteiger partial charge in [-0.25, -0.2) is 4.79 Å². The molecule has 0 aliphatic carbocycles. The molecular weight excluding hydrogens is 298 g/mol. The summed E-state index contributed by atoms with van der Waals surface area (Å²) in [4.78, 5) is 32.7. The first-order valence-corrected chi connectivity index (χ1v) is 7.21. The van der Waals surface area contributed by atoms with Crippen molar-refractivity contribution in [1.29, 1.82) is 0 Å². The van der Waals surface area contributed by atoms with Crippen LogP contribution in [0.4, 0.5) is 11.6 Å². The van der Waals surface area contributed by atoms with Gasteiger partial charge in [0.2, 0.25) is 5.95 Å². The highest BCUT2D eigenvalue weighted by molar-refractivity contribution is 5.77. The van der Waals surface area contributed by atoms with E-state index in [0.717, 1.165) is 11.4 Å². The maximum absolute atomic E-state index is 12.1. The Morgan fingerprint density at radius 3 is 2.61 bits per heavy atom. The fourth-order valence-corrected chi connectivity index (χ4v) is 2.95. The number of aryl methyl sites for hydroxylation is 1. The fraction of sp³-hybridized carbons (Fsp3) is 0.267. The molecule has 0 amide bonds. The molecule has 1 aromatic carbocycles. The van der Waals surface area contributed by atoms with Crippen molar-refractivity contribution in [2.24, 2.45) is 7.05 Å². The lowest BCUT2D eigenvalue weighted by atomic mass is 10.3. The molecule has 0 radical (unpaired) electrons. The summed E-state index contributed by atoms with van der Waals surface area (Å²) in [5.41, 5.74) is 0.917. The van der Waals surface area contributed by atoms with Gasteiger partial charge in [-0.05, 0) is 24.3 Å². The van der Waals surface area contributed by atoms with E-state index in [9.17, 15) is 9.59 Å². The molecule has 3 heterocycles. The summed E-state index contributed by atoms with van der Waals surface area (Å²) in [5, 5.41) is 0. The molecule has 1 N–H and O–H groups in total. The van der Waals surface area contributed by atoms with Crippen LogP contribution in [0.5, 0.6) is 5.75 Å². The smallest absolute Gasteiger partial charge is 0.329 e. The van der Waals surface area contributed by atoms with E-state index < -0.39 is 11.2 Å². The van der Waals surface area contributed by atoms with Crippen molar-refractivity contribution in [3.05, 3.63) is 45.1 Å². The maximum Gasteiger partial charge on any atom is 0.329 e. The minimum atomic E-state index is -0.463. The molecule has 4 rings (SSSR count). The van der Waals surface area contributed by atoms with Gasteiger partial charge in [0.1, 0.15) is 5.75 Å². The Balaban J connectivity index is 1.90. The van der Waals surface area contributed by atoms with Crippen molar-refractivity contribution in [3.8, 4) is 5.75 Å². The largest absolute Gasteiger partial charge is 0.497 e. The van der Waals surface area contributed by atoms with Crippen molar-refractivity contribution >= 4 is 22.8 Å². The lowest BCUT2D eigenvalue weighted by molar-refractivity contribution is 0.415. The zero-order chi connectivity index (χ0) is 16.1. The van der Waals surface area contributed by atoms with E-state index >= 15 is 0 Å². The summed E-state index contributed by atoms with van der Waals surface area (Å²) in [7, 11) is 3.22. The quantitative estimate of drug-likeness (QED) is 0.748. The third kappa shape index (κ3) is 1.88. The van der Waals surface area contributed by atoms with E-state index in [1.165, 1.54) is 4.57 Å². The van der Waals surface area contributed by atoms with Crippen LogP contribution in [0.25, 0.3) is 11.2 Å². The van der Waals surface area contributed by atoms with Crippen LogP contribution in [0.2, 0.25) is 0 Å². The maximum atomic E-state index is 12.1. The number of nitrogens with one attached hydrogen (secondary N) is 1. The van der Waals surface area contributed by atoms with Crippen LogP contribution in [-0.4, -0.2) is 32.8 Å². The summed E-state index contributed by atoms with van der Waals surface area (Å²) < 4.78 is 8.37. The van der Waals surface area contributed by atoms with Gasteiger partial charge in [0.15, 0.2) is 11.2 Å². The van der Waals surface area contributed by atoms with Crippen LogP contribution in [0.3, 0.4) is 0 Å². The second kappa shape index (κ2) is 4.73. The Labute approximate surface area is 130 Å². The average Bonchev–Trinajstić information content (AvgIpc) is 3.12. The minimum Gasteiger partial charge on any atom is -0.497 e. The molecule has 0 bridgehead atoms. The highest BCUT2D eigenvalue weighted by Crippen LogP contribution is 2.32. The number of nitrogens with zero attached hydrogens (tertiary/aromatic N) is 4. The standard InChI is InChI=1S/C15H15N5O3/c1-18-12-11(13(21)17-15(18)22)20-8-7-19(14(20)16-12)9-3-5-10(23-2)6-4-9/h3-6H,7-8H2,1-2H3,(H,17,21,22). The van der Waals surface area contributed by atoms with Crippen molar-refractivity contribution in [2.45, 2.75) is 6.54 Å². The first-order valence-electron chi connectivity index (χ1n) is 7.21. The number of H-pyrrole nitrogens is 1. The van der Waals surface area contributed by atoms with Gasteiger partial charge in [-0.1, -0.05) is 0 Å². The Kier molecular flexibility index (Phi) is 2.80. The third-order valence-corrected chi connectivity index (χ3v) is 4.16. The van der Waals surface area contributed by atoms with Crippen molar-refractivity contribution < 1.29 is 4.74 Å². The SMILES string of the molecule is COc1ccc(N2CCn3c2nc2c3c(=O)[nH]c(=O)n2C)cc1. The topological polar surface area (TPSA) is 85.2 Å². The van der Waals surface area contributed by atoms with Gasteiger partial charge in [-0.3, -0.25) is 14.3 Å². The van der Waals surface area contributed by atoms with Gasteiger partial charge in [0.25, 0.3) is 5.56 Å².